The largest absolute Gasteiger partial charge is 0.317 e. The molecule has 0 radical (unpaired) electrons. The van der Waals surface area contributed by atoms with E-state index in [1.54, 1.807) is 0 Å². The molecule has 1 unspecified atom stereocenters. The Morgan fingerprint density at radius 2 is 1.91 bits per heavy atom. The zero-order chi connectivity index (χ0) is 8.69. The molecule has 2 heteroatoms. The van der Waals surface area contributed by atoms with Crippen LogP contribution in [0.15, 0.2) is 0 Å². The third-order valence-electron chi connectivity index (χ3n) is 1.64. The lowest BCUT2D eigenvalue weighted by molar-refractivity contribution is 0.597. The summed E-state index contributed by atoms with van der Waals surface area (Å²) in [7, 11) is 2.03. The van der Waals surface area contributed by atoms with E-state index in [2.05, 4.69) is 37.8 Å². The minimum Gasteiger partial charge on any atom is -0.317 e. The summed E-state index contributed by atoms with van der Waals surface area (Å²) in [4.78, 5) is 0. The predicted octanol–water partition coefficient (Wildman–Crippen LogP) is 2.37. The van der Waals surface area contributed by atoms with Crippen LogP contribution in [0.5, 0.6) is 0 Å². The monoisotopic (exact) mass is 175 g/mol. The van der Waals surface area contributed by atoms with Gasteiger partial charge in [0, 0.05) is 6.04 Å². The number of nitrogens with one attached hydrogen (secondary N) is 1. The molecule has 0 amide bonds. The molecule has 11 heavy (non-hydrogen) atoms. The second kappa shape index (κ2) is 6.99. The molecule has 1 nitrogen and oxygen atoms in total. The van der Waals surface area contributed by atoms with Crippen molar-refractivity contribution in [3.8, 4) is 0 Å². The quantitative estimate of drug-likeness (QED) is 0.622. The highest BCUT2D eigenvalue weighted by atomic mass is 32.2. The van der Waals surface area contributed by atoms with Crippen LogP contribution >= 0.6 is 11.8 Å². The van der Waals surface area contributed by atoms with Crippen LogP contribution in [0, 0.1) is 5.92 Å². The van der Waals surface area contributed by atoms with Crippen molar-refractivity contribution in [3.05, 3.63) is 0 Å². The molecule has 0 spiro atoms. The van der Waals surface area contributed by atoms with Crippen molar-refractivity contribution in [1.29, 1.82) is 0 Å². The van der Waals surface area contributed by atoms with Crippen molar-refractivity contribution in [2.24, 2.45) is 5.92 Å². The van der Waals surface area contributed by atoms with Gasteiger partial charge in [0.2, 0.25) is 0 Å². The van der Waals surface area contributed by atoms with Gasteiger partial charge in [-0.2, -0.15) is 11.8 Å². The fourth-order valence-electron chi connectivity index (χ4n) is 0.723. The maximum atomic E-state index is 3.24. The Hall–Kier alpha value is 0.310. The summed E-state index contributed by atoms with van der Waals surface area (Å²) < 4.78 is 0. The summed E-state index contributed by atoms with van der Waals surface area (Å²) in [5.41, 5.74) is 0. The highest BCUT2D eigenvalue weighted by Crippen LogP contribution is 2.09. The Balaban J connectivity index is 3.01. The van der Waals surface area contributed by atoms with Gasteiger partial charge in [-0.05, 0) is 37.8 Å². The average molecular weight is 175 g/mol. The van der Waals surface area contributed by atoms with Gasteiger partial charge >= 0.3 is 0 Å². The first-order valence-corrected chi connectivity index (χ1v) is 5.57. The second-order valence-electron chi connectivity index (χ2n) is 3.45. The molecule has 0 saturated heterocycles. The van der Waals surface area contributed by atoms with Crippen molar-refractivity contribution in [2.45, 2.75) is 33.2 Å². The molecule has 0 rings (SSSR count). The third kappa shape index (κ3) is 8.21. The second-order valence-corrected chi connectivity index (χ2v) is 4.60. The fourth-order valence-corrected chi connectivity index (χ4v) is 1.88. The minimum absolute atomic E-state index is 0.676. The molecule has 0 heterocycles. The molecule has 0 aromatic heterocycles. The molecule has 0 bridgehead atoms. The van der Waals surface area contributed by atoms with Crippen molar-refractivity contribution in [3.63, 3.8) is 0 Å². The average Bonchev–Trinajstić information content (AvgIpc) is 1.97. The van der Waals surface area contributed by atoms with Crippen LogP contribution in [-0.4, -0.2) is 24.6 Å². The van der Waals surface area contributed by atoms with Crippen LogP contribution in [0.4, 0.5) is 0 Å². The van der Waals surface area contributed by atoms with Crippen LogP contribution in [0.3, 0.4) is 0 Å². The van der Waals surface area contributed by atoms with Gasteiger partial charge in [-0.1, -0.05) is 13.8 Å². The normalized spacial score (nSPS) is 13.9. The van der Waals surface area contributed by atoms with E-state index < -0.39 is 0 Å². The molecule has 0 aliphatic rings. The van der Waals surface area contributed by atoms with Gasteiger partial charge in [-0.15, -0.1) is 0 Å². The van der Waals surface area contributed by atoms with Crippen molar-refractivity contribution < 1.29 is 0 Å². The van der Waals surface area contributed by atoms with Crippen LogP contribution in [-0.2, 0) is 0 Å². The lowest BCUT2D eigenvalue weighted by Crippen LogP contribution is -2.21. The first kappa shape index (κ1) is 11.3. The Kier molecular flexibility index (Phi) is 7.18. The van der Waals surface area contributed by atoms with Gasteiger partial charge in [0.1, 0.15) is 0 Å². The zero-order valence-corrected chi connectivity index (χ0v) is 9.00. The number of hydrogen-bond donors (Lipinski definition) is 1. The molecule has 1 atom stereocenters. The fraction of sp³-hybridized carbons (Fsp3) is 1.00. The first-order valence-electron chi connectivity index (χ1n) is 4.41. The molecule has 0 aromatic carbocycles. The van der Waals surface area contributed by atoms with E-state index in [4.69, 9.17) is 0 Å². The van der Waals surface area contributed by atoms with Gasteiger partial charge in [-0.3, -0.25) is 0 Å². The zero-order valence-electron chi connectivity index (χ0n) is 8.18. The number of hydrogen-bond acceptors (Lipinski definition) is 2. The Bertz CT molecular complexity index is 83.6. The summed E-state index contributed by atoms with van der Waals surface area (Å²) in [5, 5.41) is 3.24. The van der Waals surface area contributed by atoms with Crippen LogP contribution < -0.4 is 5.32 Å². The van der Waals surface area contributed by atoms with Gasteiger partial charge < -0.3 is 5.32 Å². The molecule has 0 fully saturated rings. The molecule has 0 saturated carbocycles. The summed E-state index contributed by atoms with van der Waals surface area (Å²) in [5.74, 6) is 3.43. The van der Waals surface area contributed by atoms with E-state index in [9.17, 15) is 0 Å². The van der Waals surface area contributed by atoms with Crippen LogP contribution in [0.1, 0.15) is 27.2 Å². The van der Waals surface area contributed by atoms with Gasteiger partial charge in [-0.25, -0.2) is 0 Å². The molecule has 1 N–H and O–H groups in total. The van der Waals surface area contributed by atoms with Crippen LogP contribution in [0.2, 0.25) is 0 Å². The summed E-state index contributed by atoms with van der Waals surface area (Å²) >= 11 is 2.07. The summed E-state index contributed by atoms with van der Waals surface area (Å²) in [6, 6.07) is 0.676. The van der Waals surface area contributed by atoms with E-state index in [0.717, 1.165) is 5.92 Å². The summed E-state index contributed by atoms with van der Waals surface area (Å²) in [6.07, 6.45) is 1.29. The van der Waals surface area contributed by atoms with E-state index in [1.807, 2.05) is 7.05 Å². The minimum atomic E-state index is 0.676. The summed E-state index contributed by atoms with van der Waals surface area (Å²) in [6.45, 7) is 6.78. The maximum Gasteiger partial charge on any atom is 0.00435 e. The van der Waals surface area contributed by atoms with E-state index in [1.165, 1.54) is 17.9 Å². The smallest absolute Gasteiger partial charge is 0.00435 e. The van der Waals surface area contributed by atoms with Crippen LogP contribution in [0.25, 0.3) is 0 Å². The van der Waals surface area contributed by atoms with Gasteiger partial charge in [0.25, 0.3) is 0 Å². The number of thioether (sulfide) groups is 1. The molecule has 68 valence electrons. The molecular weight excluding hydrogens is 154 g/mol. The first-order chi connectivity index (χ1) is 5.16. The van der Waals surface area contributed by atoms with Crippen molar-refractivity contribution in [2.75, 3.05) is 18.6 Å². The van der Waals surface area contributed by atoms with Gasteiger partial charge in [0.05, 0.1) is 0 Å². The highest BCUT2D eigenvalue weighted by molar-refractivity contribution is 7.99. The maximum absolute atomic E-state index is 3.24. The predicted molar refractivity (Wildman–Crippen MR) is 55.3 cm³/mol. The number of rotatable bonds is 6. The lowest BCUT2D eigenvalue weighted by Gasteiger charge is -2.09. The molecule has 0 aliphatic carbocycles. The Labute approximate surface area is 75.3 Å². The topological polar surface area (TPSA) is 12.0 Å². The highest BCUT2D eigenvalue weighted by Gasteiger charge is 1.98. The molecular formula is C9H21NS. The molecule has 0 aliphatic heterocycles. The van der Waals surface area contributed by atoms with Crippen molar-refractivity contribution >= 4 is 11.8 Å². The van der Waals surface area contributed by atoms with E-state index in [0.29, 0.717) is 6.04 Å². The van der Waals surface area contributed by atoms with Gasteiger partial charge in [0.15, 0.2) is 0 Å². The Morgan fingerprint density at radius 3 is 2.36 bits per heavy atom. The lowest BCUT2D eigenvalue weighted by atomic mass is 10.3. The molecule has 0 aromatic rings. The van der Waals surface area contributed by atoms with E-state index in [-0.39, 0.29) is 0 Å². The van der Waals surface area contributed by atoms with Crippen molar-refractivity contribution in [1.82, 2.24) is 5.32 Å². The third-order valence-corrected chi connectivity index (χ3v) is 3.07. The van der Waals surface area contributed by atoms with E-state index >= 15 is 0 Å². The Morgan fingerprint density at radius 1 is 1.27 bits per heavy atom. The SMILES string of the molecule is CNC(C)CCSCC(C)C. The standard InChI is InChI=1S/C9H21NS/c1-8(2)7-11-6-5-9(3)10-4/h8-10H,5-7H2,1-4H3.